The molecule has 1 aliphatic heterocycles. The largest absolute Gasteiger partial charge is 0.398 e. The highest BCUT2D eigenvalue weighted by atomic mass is 19.1. The summed E-state index contributed by atoms with van der Waals surface area (Å²) in [4.78, 5) is 2.38. The molecule has 0 spiro atoms. The average Bonchev–Trinajstić information content (AvgIpc) is 2.71. The van der Waals surface area contributed by atoms with Crippen molar-refractivity contribution in [2.45, 2.75) is 33.7 Å². The summed E-state index contributed by atoms with van der Waals surface area (Å²) in [6.45, 7) is 9.79. The Hall–Kier alpha value is -1.09. The van der Waals surface area contributed by atoms with Gasteiger partial charge in [0.1, 0.15) is 5.82 Å². The van der Waals surface area contributed by atoms with Gasteiger partial charge in [-0.25, -0.2) is 4.39 Å². The van der Waals surface area contributed by atoms with Crippen LogP contribution in [0.2, 0.25) is 0 Å². The highest BCUT2D eigenvalue weighted by Crippen LogP contribution is 2.34. The van der Waals surface area contributed by atoms with E-state index in [0.29, 0.717) is 17.0 Å². The van der Waals surface area contributed by atoms with Gasteiger partial charge in [0, 0.05) is 18.8 Å². The van der Waals surface area contributed by atoms with Crippen molar-refractivity contribution in [3.05, 3.63) is 29.6 Å². The predicted molar refractivity (Wildman–Crippen MR) is 73.7 cm³/mol. The molecule has 1 aliphatic rings. The van der Waals surface area contributed by atoms with Gasteiger partial charge >= 0.3 is 0 Å². The molecule has 0 radical (unpaired) electrons. The van der Waals surface area contributed by atoms with Gasteiger partial charge < -0.3 is 5.73 Å². The van der Waals surface area contributed by atoms with Gasteiger partial charge in [0.2, 0.25) is 0 Å². The van der Waals surface area contributed by atoms with Crippen LogP contribution in [0.5, 0.6) is 0 Å². The molecule has 0 aromatic heterocycles. The Labute approximate surface area is 109 Å². The van der Waals surface area contributed by atoms with Crippen molar-refractivity contribution in [3.63, 3.8) is 0 Å². The van der Waals surface area contributed by atoms with E-state index in [0.717, 1.165) is 25.2 Å². The van der Waals surface area contributed by atoms with Crippen LogP contribution in [0.4, 0.5) is 10.1 Å². The number of anilines is 1. The summed E-state index contributed by atoms with van der Waals surface area (Å²) in [5, 5.41) is 0. The Balaban J connectivity index is 2.01. The van der Waals surface area contributed by atoms with Crippen LogP contribution in [0.15, 0.2) is 18.2 Å². The Bertz CT molecular complexity index is 423. The monoisotopic (exact) mass is 250 g/mol. The fourth-order valence-electron chi connectivity index (χ4n) is 2.64. The Morgan fingerprint density at radius 1 is 1.39 bits per heavy atom. The number of nitrogens with two attached hydrogens (primary N) is 1. The van der Waals surface area contributed by atoms with E-state index < -0.39 is 0 Å². The van der Waals surface area contributed by atoms with Crippen molar-refractivity contribution >= 4 is 5.69 Å². The lowest BCUT2D eigenvalue weighted by Gasteiger charge is -2.27. The summed E-state index contributed by atoms with van der Waals surface area (Å²) in [6.07, 6.45) is 1.22. The van der Waals surface area contributed by atoms with Crippen molar-refractivity contribution in [1.82, 2.24) is 4.90 Å². The first-order chi connectivity index (χ1) is 8.36. The summed E-state index contributed by atoms with van der Waals surface area (Å²) < 4.78 is 13.2. The third kappa shape index (κ3) is 3.02. The number of hydrogen-bond donors (Lipinski definition) is 1. The Morgan fingerprint density at radius 2 is 2.11 bits per heavy atom. The molecule has 2 nitrogen and oxygen atoms in total. The van der Waals surface area contributed by atoms with E-state index in [9.17, 15) is 4.39 Å². The summed E-state index contributed by atoms with van der Waals surface area (Å²) in [5.41, 5.74) is 7.84. The van der Waals surface area contributed by atoms with E-state index in [-0.39, 0.29) is 5.82 Å². The van der Waals surface area contributed by atoms with Crippen molar-refractivity contribution < 1.29 is 4.39 Å². The number of rotatable bonds is 2. The fourth-order valence-corrected chi connectivity index (χ4v) is 2.64. The van der Waals surface area contributed by atoms with Crippen LogP contribution < -0.4 is 5.73 Å². The highest BCUT2D eigenvalue weighted by molar-refractivity contribution is 5.46. The minimum atomic E-state index is -0.203. The van der Waals surface area contributed by atoms with E-state index in [1.807, 2.05) is 0 Å². The molecule has 0 amide bonds. The van der Waals surface area contributed by atoms with E-state index in [1.165, 1.54) is 12.5 Å². The molecule has 2 N–H and O–H groups in total. The minimum absolute atomic E-state index is 0.203. The van der Waals surface area contributed by atoms with E-state index >= 15 is 0 Å². The molecule has 0 saturated carbocycles. The first-order valence-electron chi connectivity index (χ1n) is 6.62. The highest BCUT2D eigenvalue weighted by Gasteiger charge is 2.31. The molecule has 2 rings (SSSR count). The van der Waals surface area contributed by atoms with Gasteiger partial charge in [0.15, 0.2) is 0 Å². The molecule has 1 fully saturated rings. The van der Waals surface area contributed by atoms with Crippen molar-refractivity contribution in [2.24, 2.45) is 11.3 Å². The maximum atomic E-state index is 13.2. The molecule has 18 heavy (non-hydrogen) atoms. The van der Waals surface area contributed by atoms with Crippen molar-refractivity contribution in [1.29, 1.82) is 0 Å². The van der Waals surface area contributed by atoms with Gasteiger partial charge in [-0.3, -0.25) is 4.90 Å². The number of hydrogen-bond acceptors (Lipinski definition) is 2. The molecule has 0 bridgehead atoms. The first kappa shape index (κ1) is 13.3. The average molecular weight is 250 g/mol. The zero-order valence-corrected chi connectivity index (χ0v) is 11.5. The number of nitrogen functional groups attached to an aromatic ring is 1. The summed E-state index contributed by atoms with van der Waals surface area (Å²) in [7, 11) is 0. The SMILES string of the molecule is CC(C)(C)C1CCN(Cc2cc(F)ccc2N)C1. The normalized spacial score (nSPS) is 21.4. The maximum Gasteiger partial charge on any atom is 0.123 e. The summed E-state index contributed by atoms with van der Waals surface area (Å²) in [6, 6.07) is 4.63. The van der Waals surface area contributed by atoms with Crippen LogP contribution in [-0.2, 0) is 6.54 Å². The molecule has 1 saturated heterocycles. The van der Waals surface area contributed by atoms with Crippen LogP contribution >= 0.6 is 0 Å². The number of nitrogens with zero attached hydrogens (tertiary/aromatic N) is 1. The topological polar surface area (TPSA) is 29.3 Å². The lowest BCUT2D eigenvalue weighted by Crippen LogP contribution is -2.26. The lowest BCUT2D eigenvalue weighted by molar-refractivity contribution is 0.226. The minimum Gasteiger partial charge on any atom is -0.398 e. The maximum absolute atomic E-state index is 13.2. The quantitative estimate of drug-likeness (QED) is 0.816. The molecule has 0 aliphatic carbocycles. The molecule has 1 heterocycles. The molecule has 1 aromatic carbocycles. The van der Waals surface area contributed by atoms with Gasteiger partial charge in [0.25, 0.3) is 0 Å². The molecular formula is C15H23FN2. The second-order valence-corrected chi connectivity index (χ2v) is 6.43. The van der Waals surface area contributed by atoms with E-state index in [4.69, 9.17) is 5.73 Å². The second-order valence-electron chi connectivity index (χ2n) is 6.43. The summed E-state index contributed by atoms with van der Waals surface area (Å²) >= 11 is 0. The van der Waals surface area contributed by atoms with Crippen LogP contribution in [0.25, 0.3) is 0 Å². The molecule has 1 aromatic rings. The van der Waals surface area contributed by atoms with Crippen LogP contribution in [0, 0.1) is 17.2 Å². The van der Waals surface area contributed by atoms with Gasteiger partial charge in [-0.15, -0.1) is 0 Å². The zero-order chi connectivity index (χ0) is 13.3. The molecule has 3 heteroatoms. The fraction of sp³-hybridized carbons (Fsp3) is 0.600. The van der Waals surface area contributed by atoms with Crippen molar-refractivity contribution in [3.8, 4) is 0 Å². The van der Waals surface area contributed by atoms with E-state index in [1.54, 1.807) is 12.1 Å². The van der Waals surface area contributed by atoms with Crippen molar-refractivity contribution in [2.75, 3.05) is 18.8 Å². The summed E-state index contributed by atoms with van der Waals surface area (Å²) in [5.74, 6) is 0.512. The number of halogens is 1. The third-order valence-electron chi connectivity index (χ3n) is 4.00. The van der Waals surface area contributed by atoms with Crippen LogP contribution in [-0.4, -0.2) is 18.0 Å². The standard InChI is InChI=1S/C15H23FN2/c1-15(2,3)12-6-7-18(10-12)9-11-8-13(16)4-5-14(11)17/h4-5,8,12H,6-7,9-10,17H2,1-3H3. The Kier molecular flexibility index (Phi) is 3.62. The predicted octanol–water partition coefficient (Wildman–Crippen LogP) is 3.28. The van der Waals surface area contributed by atoms with Gasteiger partial charge in [-0.05, 0) is 48.1 Å². The molecule has 1 atom stereocenters. The third-order valence-corrected chi connectivity index (χ3v) is 4.00. The molecule has 1 unspecified atom stereocenters. The zero-order valence-electron chi connectivity index (χ0n) is 11.5. The van der Waals surface area contributed by atoms with Gasteiger partial charge in [0.05, 0.1) is 0 Å². The Morgan fingerprint density at radius 3 is 2.72 bits per heavy atom. The second kappa shape index (κ2) is 4.88. The van der Waals surface area contributed by atoms with Crippen LogP contribution in [0.3, 0.4) is 0 Å². The lowest BCUT2D eigenvalue weighted by atomic mass is 9.80. The molecular weight excluding hydrogens is 227 g/mol. The molecule has 100 valence electrons. The van der Waals surface area contributed by atoms with Gasteiger partial charge in [-0.2, -0.15) is 0 Å². The number of likely N-dealkylation sites (tertiary alicyclic amines) is 1. The van der Waals surface area contributed by atoms with Crippen LogP contribution in [0.1, 0.15) is 32.8 Å². The smallest absolute Gasteiger partial charge is 0.123 e. The first-order valence-corrected chi connectivity index (χ1v) is 6.62. The number of benzene rings is 1. The van der Waals surface area contributed by atoms with Gasteiger partial charge in [-0.1, -0.05) is 20.8 Å². The van der Waals surface area contributed by atoms with E-state index in [2.05, 4.69) is 25.7 Å².